The van der Waals surface area contributed by atoms with Crippen LogP contribution in [0, 0.1) is 6.92 Å². The average molecular weight is 268 g/mol. The van der Waals surface area contributed by atoms with Crippen molar-refractivity contribution in [2.24, 2.45) is 7.05 Å². The zero-order chi connectivity index (χ0) is 13.8. The molecule has 1 atom stereocenters. The van der Waals surface area contributed by atoms with Gasteiger partial charge in [-0.3, -0.25) is 4.68 Å². The van der Waals surface area contributed by atoms with Crippen molar-refractivity contribution in [2.75, 3.05) is 37.7 Å². The van der Waals surface area contributed by atoms with Crippen molar-refractivity contribution in [3.05, 3.63) is 11.3 Å². The van der Waals surface area contributed by atoms with Crippen LogP contribution in [0.1, 0.15) is 18.2 Å². The molecule has 0 aromatic carbocycles. The molecule has 2 N–H and O–H groups in total. The summed E-state index contributed by atoms with van der Waals surface area (Å²) >= 11 is 0. The smallest absolute Gasteiger partial charge is 0.131 e. The molecule has 19 heavy (non-hydrogen) atoms. The Morgan fingerprint density at radius 2 is 2.11 bits per heavy atom. The number of hydrogen-bond acceptors (Lipinski definition) is 5. The molecule has 0 radical (unpaired) electrons. The first-order valence-corrected chi connectivity index (χ1v) is 6.83. The van der Waals surface area contributed by atoms with Crippen LogP contribution < -0.4 is 10.2 Å². The second-order valence-corrected chi connectivity index (χ2v) is 5.09. The molecule has 1 aliphatic rings. The molecule has 2 heterocycles. The Balaban J connectivity index is 2.11. The van der Waals surface area contributed by atoms with Gasteiger partial charge < -0.3 is 20.1 Å². The molecule has 0 aliphatic carbocycles. The van der Waals surface area contributed by atoms with Crippen molar-refractivity contribution in [3.8, 4) is 0 Å². The second kappa shape index (κ2) is 6.36. The molecule has 1 aliphatic heterocycles. The lowest BCUT2D eigenvalue weighted by Crippen LogP contribution is -2.38. The van der Waals surface area contributed by atoms with Crippen molar-refractivity contribution in [1.82, 2.24) is 15.1 Å². The van der Waals surface area contributed by atoms with E-state index in [1.54, 1.807) is 6.92 Å². The first-order chi connectivity index (χ1) is 9.09. The monoisotopic (exact) mass is 268 g/mol. The zero-order valence-electron chi connectivity index (χ0n) is 12.0. The minimum atomic E-state index is -0.330. The number of ether oxygens (including phenoxy) is 1. The topological polar surface area (TPSA) is 62.5 Å². The maximum absolute atomic E-state index is 9.31. The Kier molecular flexibility index (Phi) is 4.79. The van der Waals surface area contributed by atoms with E-state index in [0.29, 0.717) is 6.54 Å². The number of anilines is 1. The predicted octanol–water partition coefficient (Wildman–Crippen LogP) is 0.0355. The van der Waals surface area contributed by atoms with E-state index in [2.05, 4.69) is 15.3 Å². The lowest BCUT2D eigenvalue weighted by Gasteiger charge is -2.29. The van der Waals surface area contributed by atoms with Crippen molar-refractivity contribution in [2.45, 2.75) is 26.5 Å². The number of nitrogens with one attached hydrogen (secondary N) is 1. The number of morpholine rings is 1. The SMILES string of the molecule is Cc1nn(C)c(N2CCOCC2)c1CNCC(C)O. The highest BCUT2D eigenvalue weighted by molar-refractivity contribution is 5.50. The van der Waals surface area contributed by atoms with Gasteiger partial charge in [-0.15, -0.1) is 0 Å². The molecular formula is C13H24N4O2. The van der Waals surface area contributed by atoms with Gasteiger partial charge in [0.25, 0.3) is 0 Å². The van der Waals surface area contributed by atoms with Crippen LogP contribution >= 0.6 is 0 Å². The summed E-state index contributed by atoms with van der Waals surface area (Å²) in [6.45, 7) is 8.49. The predicted molar refractivity (Wildman–Crippen MR) is 74.4 cm³/mol. The summed E-state index contributed by atoms with van der Waals surface area (Å²) in [5.41, 5.74) is 2.26. The zero-order valence-corrected chi connectivity index (χ0v) is 12.0. The van der Waals surface area contributed by atoms with Gasteiger partial charge in [0.05, 0.1) is 25.0 Å². The van der Waals surface area contributed by atoms with E-state index in [1.165, 1.54) is 11.4 Å². The van der Waals surface area contributed by atoms with E-state index >= 15 is 0 Å². The highest BCUT2D eigenvalue weighted by atomic mass is 16.5. The number of aliphatic hydroxyl groups is 1. The summed E-state index contributed by atoms with van der Waals surface area (Å²) in [6.07, 6.45) is -0.330. The van der Waals surface area contributed by atoms with E-state index in [9.17, 15) is 5.11 Å². The van der Waals surface area contributed by atoms with Crippen molar-refractivity contribution >= 4 is 5.82 Å². The average Bonchev–Trinajstić information content (AvgIpc) is 2.65. The molecular weight excluding hydrogens is 244 g/mol. The maximum Gasteiger partial charge on any atom is 0.131 e. The molecule has 0 saturated carbocycles. The molecule has 6 nitrogen and oxygen atoms in total. The highest BCUT2D eigenvalue weighted by Gasteiger charge is 2.20. The van der Waals surface area contributed by atoms with Gasteiger partial charge in [0.15, 0.2) is 0 Å². The Morgan fingerprint density at radius 1 is 1.42 bits per heavy atom. The Morgan fingerprint density at radius 3 is 2.74 bits per heavy atom. The van der Waals surface area contributed by atoms with Gasteiger partial charge in [0.1, 0.15) is 5.82 Å². The van der Waals surface area contributed by atoms with E-state index < -0.39 is 0 Å². The standard InChI is InChI=1S/C13H24N4O2/c1-10(18)8-14-9-12-11(2)15-16(3)13(12)17-4-6-19-7-5-17/h10,14,18H,4-9H2,1-3H3. The van der Waals surface area contributed by atoms with Crippen LogP contribution in [-0.2, 0) is 18.3 Å². The van der Waals surface area contributed by atoms with Crippen molar-refractivity contribution < 1.29 is 9.84 Å². The first kappa shape index (κ1) is 14.3. The normalized spacial score (nSPS) is 17.8. The van der Waals surface area contributed by atoms with E-state index in [0.717, 1.165) is 38.5 Å². The number of rotatable bonds is 5. The lowest BCUT2D eigenvalue weighted by molar-refractivity contribution is 0.122. The highest BCUT2D eigenvalue weighted by Crippen LogP contribution is 2.23. The molecule has 1 fully saturated rings. The van der Waals surface area contributed by atoms with Gasteiger partial charge in [-0.2, -0.15) is 5.10 Å². The quantitative estimate of drug-likeness (QED) is 0.789. The second-order valence-electron chi connectivity index (χ2n) is 5.09. The van der Waals surface area contributed by atoms with Gasteiger partial charge in [0, 0.05) is 38.8 Å². The van der Waals surface area contributed by atoms with Crippen LogP contribution in [0.2, 0.25) is 0 Å². The minimum Gasteiger partial charge on any atom is -0.392 e. The molecule has 1 unspecified atom stereocenters. The molecule has 0 spiro atoms. The van der Waals surface area contributed by atoms with Crippen LogP contribution in [0.4, 0.5) is 5.82 Å². The summed E-state index contributed by atoms with van der Waals surface area (Å²) in [5.74, 6) is 1.17. The molecule has 6 heteroatoms. The van der Waals surface area contributed by atoms with E-state index in [-0.39, 0.29) is 6.10 Å². The molecule has 2 rings (SSSR count). The number of aliphatic hydroxyl groups excluding tert-OH is 1. The number of aromatic nitrogens is 2. The molecule has 1 aromatic heterocycles. The lowest BCUT2D eigenvalue weighted by atomic mass is 10.2. The van der Waals surface area contributed by atoms with Crippen molar-refractivity contribution in [1.29, 1.82) is 0 Å². The number of nitrogens with zero attached hydrogens (tertiary/aromatic N) is 3. The van der Waals surface area contributed by atoms with E-state index in [1.807, 2.05) is 18.7 Å². The third-order valence-corrected chi connectivity index (χ3v) is 3.37. The molecule has 0 amide bonds. The third-order valence-electron chi connectivity index (χ3n) is 3.37. The molecule has 1 aromatic rings. The summed E-state index contributed by atoms with van der Waals surface area (Å²) in [7, 11) is 1.98. The van der Waals surface area contributed by atoms with Gasteiger partial charge in [-0.05, 0) is 13.8 Å². The Labute approximate surface area is 114 Å². The van der Waals surface area contributed by atoms with Crippen LogP contribution in [0.25, 0.3) is 0 Å². The summed E-state index contributed by atoms with van der Waals surface area (Å²) in [5, 5.41) is 17.1. The summed E-state index contributed by atoms with van der Waals surface area (Å²) < 4.78 is 7.34. The fourth-order valence-corrected chi connectivity index (χ4v) is 2.47. The van der Waals surface area contributed by atoms with Crippen LogP contribution in [0.15, 0.2) is 0 Å². The molecule has 108 valence electrons. The van der Waals surface area contributed by atoms with Crippen LogP contribution in [-0.4, -0.2) is 53.8 Å². The molecule has 0 bridgehead atoms. The summed E-state index contributed by atoms with van der Waals surface area (Å²) in [4.78, 5) is 2.32. The van der Waals surface area contributed by atoms with Gasteiger partial charge in [-0.1, -0.05) is 0 Å². The number of hydrogen-bond donors (Lipinski definition) is 2. The molecule has 1 saturated heterocycles. The minimum absolute atomic E-state index is 0.330. The first-order valence-electron chi connectivity index (χ1n) is 6.83. The third kappa shape index (κ3) is 3.46. The van der Waals surface area contributed by atoms with Crippen LogP contribution in [0.5, 0.6) is 0 Å². The largest absolute Gasteiger partial charge is 0.392 e. The fraction of sp³-hybridized carbons (Fsp3) is 0.769. The van der Waals surface area contributed by atoms with Crippen LogP contribution in [0.3, 0.4) is 0 Å². The summed E-state index contributed by atoms with van der Waals surface area (Å²) in [6, 6.07) is 0. The maximum atomic E-state index is 9.31. The Bertz CT molecular complexity index is 411. The van der Waals surface area contributed by atoms with Gasteiger partial charge in [-0.25, -0.2) is 0 Å². The van der Waals surface area contributed by atoms with E-state index in [4.69, 9.17) is 4.74 Å². The van der Waals surface area contributed by atoms with Gasteiger partial charge in [0.2, 0.25) is 0 Å². The van der Waals surface area contributed by atoms with Crippen molar-refractivity contribution in [3.63, 3.8) is 0 Å². The Hall–Kier alpha value is -1.11. The number of aryl methyl sites for hydroxylation is 2. The van der Waals surface area contributed by atoms with Gasteiger partial charge >= 0.3 is 0 Å². The fourth-order valence-electron chi connectivity index (χ4n) is 2.47.